The van der Waals surface area contributed by atoms with Gasteiger partial charge in [0.15, 0.2) is 0 Å². The Morgan fingerprint density at radius 3 is 2.47 bits per heavy atom. The van der Waals surface area contributed by atoms with E-state index in [1.54, 1.807) is 6.07 Å². The van der Waals surface area contributed by atoms with Crippen molar-refractivity contribution in [1.29, 1.82) is 5.26 Å². The Morgan fingerprint density at radius 1 is 1.26 bits per heavy atom. The molecule has 0 aromatic heterocycles. The highest BCUT2D eigenvalue weighted by Crippen LogP contribution is 2.21. The van der Waals surface area contributed by atoms with Gasteiger partial charge in [0, 0.05) is 25.9 Å². The largest absolute Gasteiger partial charge is 0.300 e. The topological polar surface area (TPSA) is 78.2 Å². The average Bonchev–Trinajstić information content (AvgIpc) is 2.39. The van der Waals surface area contributed by atoms with Gasteiger partial charge in [-0.25, -0.2) is 12.8 Å². The van der Waals surface area contributed by atoms with E-state index in [1.807, 2.05) is 0 Å². The summed E-state index contributed by atoms with van der Waals surface area (Å²) in [6.45, 7) is 0.251. The monoisotopic (exact) mass is 282 g/mol. The van der Waals surface area contributed by atoms with Crippen molar-refractivity contribution < 1.29 is 17.6 Å². The summed E-state index contributed by atoms with van der Waals surface area (Å²) in [4.78, 5) is 11.0. The molecule has 1 aliphatic heterocycles. The summed E-state index contributed by atoms with van der Waals surface area (Å²) >= 11 is 0. The number of halogens is 1. The lowest BCUT2D eigenvalue weighted by atomic mass is 10.1. The third-order valence-corrected chi connectivity index (χ3v) is 4.87. The van der Waals surface area contributed by atoms with E-state index in [-0.39, 0.29) is 42.2 Å². The van der Waals surface area contributed by atoms with Gasteiger partial charge < -0.3 is 0 Å². The number of hydrogen-bond acceptors (Lipinski definition) is 4. The number of piperidine rings is 1. The molecule has 0 amide bonds. The first-order valence-electron chi connectivity index (χ1n) is 5.66. The number of benzene rings is 1. The molecule has 1 aromatic carbocycles. The molecule has 0 bridgehead atoms. The van der Waals surface area contributed by atoms with E-state index in [9.17, 15) is 17.6 Å². The summed E-state index contributed by atoms with van der Waals surface area (Å²) < 4.78 is 38.9. The number of sulfonamides is 1. The van der Waals surface area contributed by atoms with Crippen LogP contribution in [0.5, 0.6) is 0 Å². The predicted octanol–water partition coefficient (Wildman–Crippen LogP) is 1.05. The molecule has 0 radical (unpaired) electrons. The first-order valence-corrected chi connectivity index (χ1v) is 7.10. The molecule has 0 aliphatic carbocycles. The smallest absolute Gasteiger partial charge is 0.243 e. The fourth-order valence-electron chi connectivity index (χ4n) is 1.88. The maximum Gasteiger partial charge on any atom is 0.243 e. The van der Waals surface area contributed by atoms with Crippen molar-refractivity contribution in [3.8, 4) is 6.07 Å². The predicted molar refractivity (Wildman–Crippen MR) is 64.1 cm³/mol. The molecule has 0 spiro atoms. The van der Waals surface area contributed by atoms with Crippen molar-refractivity contribution in [2.75, 3.05) is 13.1 Å². The number of carbonyl (C=O) groups excluding carboxylic acids is 1. The number of Topliss-reactive ketones (excluding diaryl/α,β-unsaturated/α-hetero) is 1. The number of ketones is 1. The standard InChI is InChI=1S/C12H11FN2O3S/c13-12-2-1-11(7-9(12)8-14)19(17,18)15-5-3-10(16)4-6-15/h1-2,7H,3-6H2. The van der Waals surface area contributed by atoms with Crippen LogP contribution in [0.25, 0.3) is 0 Å². The molecule has 2 rings (SSSR count). The lowest BCUT2D eigenvalue weighted by Gasteiger charge is -2.25. The molecule has 7 heteroatoms. The van der Waals surface area contributed by atoms with Gasteiger partial charge in [-0.2, -0.15) is 9.57 Å². The van der Waals surface area contributed by atoms with E-state index >= 15 is 0 Å². The van der Waals surface area contributed by atoms with Gasteiger partial charge in [0.1, 0.15) is 17.7 Å². The van der Waals surface area contributed by atoms with Crippen molar-refractivity contribution in [3.05, 3.63) is 29.6 Å². The first-order chi connectivity index (χ1) is 8.95. The third-order valence-electron chi connectivity index (χ3n) is 2.98. The second-order valence-corrected chi connectivity index (χ2v) is 6.13. The molecule has 0 atom stereocenters. The molecule has 1 aromatic rings. The van der Waals surface area contributed by atoms with Crippen LogP contribution in [-0.4, -0.2) is 31.6 Å². The van der Waals surface area contributed by atoms with Crippen molar-refractivity contribution >= 4 is 15.8 Å². The molecule has 1 aliphatic rings. The summed E-state index contributed by atoms with van der Waals surface area (Å²) in [5.41, 5.74) is -0.311. The molecule has 1 saturated heterocycles. The van der Waals surface area contributed by atoms with Gasteiger partial charge in [0.25, 0.3) is 0 Å². The van der Waals surface area contributed by atoms with Crippen LogP contribution < -0.4 is 0 Å². The Morgan fingerprint density at radius 2 is 1.89 bits per heavy atom. The zero-order valence-electron chi connectivity index (χ0n) is 9.97. The molecule has 19 heavy (non-hydrogen) atoms. The highest BCUT2D eigenvalue weighted by Gasteiger charge is 2.28. The molecule has 1 fully saturated rings. The van der Waals surface area contributed by atoms with E-state index in [0.29, 0.717) is 0 Å². The maximum absolute atomic E-state index is 13.2. The zero-order chi connectivity index (χ0) is 14.0. The Hall–Kier alpha value is -1.78. The van der Waals surface area contributed by atoms with Gasteiger partial charge in [-0.15, -0.1) is 0 Å². The van der Waals surface area contributed by atoms with Crippen molar-refractivity contribution in [2.24, 2.45) is 0 Å². The third kappa shape index (κ3) is 2.64. The van der Waals surface area contributed by atoms with E-state index in [1.165, 1.54) is 4.31 Å². The maximum atomic E-state index is 13.2. The summed E-state index contributed by atoms with van der Waals surface area (Å²) in [5.74, 6) is -0.724. The van der Waals surface area contributed by atoms with Crippen molar-refractivity contribution in [1.82, 2.24) is 4.31 Å². The summed E-state index contributed by atoms with van der Waals surface area (Å²) in [7, 11) is -3.77. The van der Waals surface area contributed by atoms with E-state index in [0.717, 1.165) is 18.2 Å². The minimum Gasteiger partial charge on any atom is -0.300 e. The van der Waals surface area contributed by atoms with E-state index in [4.69, 9.17) is 5.26 Å². The molecule has 100 valence electrons. The highest BCUT2D eigenvalue weighted by atomic mass is 32.2. The van der Waals surface area contributed by atoms with Crippen LogP contribution in [-0.2, 0) is 14.8 Å². The number of rotatable bonds is 2. The van der Waals surface area contributed by atoms with Gasteiger partial charge in [0.2, 0.25) is 10.0 Å². The van der Waals surface area contributed by atoms with Gasteiger partial charge in [-0.05, 0) is 18.2 Å². The highest BCUT2D eigenvalue weighted by molar-refractivity contribution is 7.89. The van der Waals surface area contributed by atoms with Gasteiger partial charge in [-0.1, -0.05) is 0 Å². The quantitative estimate of drug-likeness (QED) is 0.812. The van der Waals surface area contributed by atoms with Crippen molar-refractivity contribution in [3.63, 3.8) is 0 Å². The second kappa shape index (κ2) is 5.07. The Labute approximate surface area is 110 Å². The van der Waals surface area contributed by atoms with Gasteiger partial charge in [-0.3, -0.25) is 4.79 Å². The lowest BCUT2D eigenvalue weighted by Crippen LogP contribution is -2.38. The summed E-state index contributed by atoms with van der Waals surface area (Å²) in [6, 6.07) is 4.71. The average molecular weight is 282 g/mol. The summed E-state index contributed by atoms with van der Waals surface area (Å²) in [6.07, 6.45) is 0.372. The minimum atomic E-state index is -3.77. The first kappa shape index (κ1) is 13.6. The normalized spacial score (nSPS) is 17.2. The Balaban J connectivity index is 2.35. The fourth-order valence-corrected chi connectivity index (χ4v) is 3.34. The van der Waals surface area contributed by atoms with Crippen LogP contribution in [0.1, 0.15) is 18.4 Å². The molecule has 0 unspecified atom stereocenters. The Bertz CT molecular complexity index is 654. The van der Waals surface area contributed by atoms with Crippen LogP contribution in [0.4, 0.5) is 4.39 Å². The minimum absolute atomic E-state index is 0.0308. The van der Waals surface area contributed by atoms with Crippen LogP contribution in [0.15, 0.2) is 23.1 Å². The van der Waals surface area contributed by atoms with Crippen molar-refractivity contribution in [2.45, 2.75) is 17.7 Å². The van der Waals surface area contributed by atoms with E-state index in [2.05, 4.69) is 0 Å². The van der Waals surface area contributed by atoms with Crippen LogP contribution in [0.3, 0.4) is 0 Å². The Kier molecular flexibility index (Phi) is 3.64. The van der Waals surface area contributed by atoms with Crippen LogP contribution >= 0.6 is 0 Å². The number of carbonyl (C=O) groups is 1. The number of nitriles is 1. The summed E-state index contributed by atoms with van der Waals surface area (Å²) in [5, 5.41) is 8.71. The SMILES string of the molecule is N#Cc1cc(S(=O)(=O)N2CCC(=O)CC2)ccc1F. The number of hydrogen-bond donors (Lipinski definition) is 0. The molecular formula is C12H11FN2O3S. The molecule has 1 heterocycles. The fraction of sp³-hybridized carbons (Fsp3) is 0.333. The van der Waals surface area contributed by atoms with Gasteiger partial charge in [0.05, 0.1) is 10.5 Å². The van der Waals surface area contributed by atoms with Gasteiger partial charge >= 0.3 is 0 Å². The zero-order valence-corrected chi connectivity index (χ0v) is 10.8. The lowest BCUT2D eigenvalue weighted by molar-refractivity contribution is -0.120. The molecule has 0 saturated carbocycles. The molecular weight excluding hydrogens is 271 g/mol. The molecule has 0 N–H and O–H groups in total. The number of nitrogens with zero attached hydrogens (tertiary/aromatic N) is 2. The molecule has 5 nitrogen and oxygen atoms in total. The second-order valence-electron chi connectivity index (χ2n) is 4.20. The van der Waals surface area contributed by atoms with E-state index < -0.39 is 15.8 Å². The van der Waals surface area contributed by atoms with Crippen LogP contribution in [0, 0.1) is 17.1 Å². The van der Waals surface area contributed by atoms with Crippen LogP contribution in [0.2, 0.25) is 0 Å².